The molecule has 1 N–H and O–H groups in total. The van der Waals surface area contributed by atoms with Crippen molar-refractivity contribution in [2.24, 2.45) is 0 Å². The zero-order valence-corrected chi connectivity index (χ0v) is 11.9. The molecule has 3 rings (SSSR count). The lowest BCUT2D eigenvalue weighted by atomic mass is 9.64. The topological polar surface area (TPSA) is 29.1 Å². The summed E-state index contributed by atoms with van der Waals surface area (Å²) in [4.78, 5) is 12.7. The number of benzene rings is 2. The molecule has 0 bridgehead atoms. The lowest BCUT2D eigenvalue weighted by molar-refractivity contribution is -0.124. The lowest BCUT2D eigenvalue weighted by Gasteiger charge is -2.40. The normalized spacial score (nSPS) is 16.2. The second-order valence-corrected chi connectivity index (χ2v) is 5.70. The van der Waals surface area contributed by atoms with E-state index in [1.54, 1.807) is 12.1 Å². The molecule has 2 aromatic carbocycles. The molecule has 0 aromatic heterocycles. The predicted molar refractivity (Wildman–Crippen MR) is 82.1 cm³/mol. The van der Waals surface area contributed by atoms with E-state index in [1.807, 2.05) is 42.5 Å². The number of carbonyl (C=O) groups is 1. The average Bonchev–Trinajstić information content (AvgIpc) is 2.41. The zero-order chi connectivity index (χ0) is 14.0. The summed E-state index contributed by atoms with van der Waals surface area (Å²) in [5.74, 6) is 0.0808. The third-order valence-corrected chi connectivity index (χ3v) is 4.32. The fourth-order valence-electron chi connectivity index (χ4n) is 2.72. The van der Waals surface area contributed by atoms with Crippen molar-refractivity contribution in [1.82, 2.24) is 0 Å². The molecule has 2 aromatic rings. The minimum atomic E-state index is -0.360. The number of rotatable bonds is 3. The van der Waals surface area contributed by atoms with Crippen LogP contribution in [0.4, 0.5) is 5.69 Å². The maximum absolute atomic E-state index is 12.7. The van der Waals surface area contributed by atoms with Crippen molar-refractivity contribution in [1.29, 1.82) is 0 Å². The van der Waals surface area contributed by atoms with Gasteiger partial charge in [0.05, 0.1) is 5.41 Å². The molecule has 1 aliphatic rings. The van der Waals surface area contributed by atoms with Crippen molar-refractivity contribution < 1.29 is 4.79 Å². The smallest absolute Gasteiger partial charge is 0.235 e. The minimum Gasteiger partial charge on any atom is -0.325 e. The van der Waals surface area contributed by atoms with E-state index in [4.69, 9.17) is 11.6 Å². The number of carbonyl (C=O) groups excluding carboxylic acids is 1. The number of anilines is 1. The summed E-state index contributed by atoms with van der Waals surface area (Å²) in [6.07, 6.45) is 2.93. The van der Waals surface area contributed by atoms with Crippen molar-refractivity contribution in [3.8, 4) is 0 Å². The largest absolute Gasteiger partial charge is 0.325 e. The van der Waals surface area contributed by atoms with Gasteiger partial charge in [0.2, 0.25) is 5.91 Å². The van der Waals surface area contributed by atoms with Gasteiger partial charge in [-0.2, -0.15) is 0 Å². The number of amides is 1. The van der Waals surface area contributed by atoms with Gasteiger partial charge in [-0.1, -0.05) is 48.4 Å². The molecular weight excluding hydrogens is 270 g/mol. The summed E-state index contributed by atoms with van der Waals surface area (Å²) in [6, 6.07) is 17.3. The molecule has 1 saturated carbocycles. The third-order valence-electron chi connectivity index (χ3n) is 4.07. The molecule has 0 spiro atoms. The average molecular weight is 286 g/mol. The Morgan fingerprint density at radius 3 is 2.20 bits per heavy atom. The zero-order valence-electron chi connectivity index (χ0n) is 11.1. The summed E-state index contributed by atoms with van der Waals surface area (Å²) >= 11 is 5.86. The van der Waals surface area contributed by atoms with Crippen LogP contribution in [-0.2, 0) is 10.2 Å². The summed E-state index contributed by atoms with van der Waals surface area (Å²) in [7, 11) is 0. The molecule has 0 heterocycles. The molecule has 3 heteroatoms. The summed E-state index contributed by atoms with van der Waals surface area (Å²) in [6.45, 7) is 0. The maximum atomic E-state index is 12.7. The summed E-state index contributed by atoms with van der Waals surface area (Å²) in [5.41, 5.74) is 1.54. The van der Waals surface area contributed by atoms with Crippen molar-refractivity contribution in [3.05, 3.63) is 65.2 Å². The Morgan fingerprint density at radius 1 is 1.00 bits per heavy atom. The molecule has 20 heavy (non-hydrogen) atoms. The Hall–Kier alpha value is -1.80. The van der Waals surface area contributed by atoms with Gasteiger partial charge in [-0.25, -0.2) is 0 Å². The van der Waals surface area contributed by atoms with Crippen molar-refractivity contribution in [2.75, 3.05) is 5.32 Å². The molecule has 0 unspecified atom stereocenters. The molecule has 0 aliphatic heterocycles. The van der Waals surface area contributed by atoms with E-state index in [0.717, 1.165) is 30.5 Å². The van der Waals surface area contributed by atoms with Crippen LogP contribution in [0.3, 0.4) is 0 Å². The van der Waals surface area contributed by atoms with Crippen LogP contribution in [0.1, 0.15) is 24.8 Å². The van der Waals surface area contributed by atoms with Crippen LogP contribution in [0.5, 0.6) is 0 Å². The van der Waals surface area contributed by atoms with Crippen molar-refractivity contribution >= 4 is 23.2 Å². The van der Waals surface area contributed by atoms with Gasteiger partial charge in [0.1, 0.15) is 0 Å². The second kappa shape index (κ2) is 5.29. The standard InChI is InChI=1S/C17H16ClNO/c18-14-7-9-15(10-8-14)19-16(20)17(11-4-12-17)13-5-2-1-3-6-13/h1-3,5-10H,4,11-12H2,(H,19,20). The molecule has 0 saturated heterocycles. The van der Waals surface area contributed by atoms with Crippen LogP contribution >= 0.6 is 11.6 Å². The van der Waals surface area contributed by atoms with Gasteiger partial charge < -0.3 is 5.32 Å². The molecule has 1 amide bonds. The van der Waals surface area contributed by atoms with Crippen LogP contribution in [0.15, 0.2) is 54.6 Å². The highest BCUT2D eigenvalue weighted by atomic mass is 35.5. The van der Waals surface area contributed by atoms with Crippen LogP contribution in [0.25, 0.3) is 0 Å². The first-order valence-corrected chi connectivity index (χ1v) is 7.21. The fraction of sp³-hybridized carbons (Fsp3) is 0.235. The molecule has 0 atom stereocenters. The van der Waals surface area contributed by atoms with Gasteiger partial charge in [0.25, 0.3) is 0 Å². The quantitative estimate of drug-likeness (QED) is 0.890. The molecule has 1 aliphatic carbocycles. The molecule has 102 valence electrons. The highest BCUT2D eigenvalue weighted by Gasteiger charge is 2.45. The van der Waals surface area contributed by atoms with Gasteiger partial charge in [-0.3, -0.25) is 4.79 Å². The fourth-order valence-corrected chi connectivity index (χ4v) is 2.84. The number of nitrogens with one attached hydrogen (secondary N) is 1. The summed E-state index contributed by atoms with van der Waals surface area (Å²) < 4.78 is 0. The number of hydrogen-bond donors (Lipinski definition) is 1. The van der Waals surface area contributed by atoms with E-state index >= 15 is 0 Å². The first kappa shape index (κ1) is 13.2. The Morgan fingerprint density at radius 2 is 1.65 bits per heavy atom. The Labute approximate surface area is 123 Å². The maximum Gasteiger partial charge on any atom is 0.235 e. The van der Waals surface area contributed by atoms with E-state index in [-0.39, 0.29) is 11.3 Å². The Kier molecular flexibility index (Phi) is 3.49. The Bertz CT molecular complexity index is 603. The van der Waals surface area contributed by atoms with Crippen molar-refractivity contribution in [3.63, 3.8) is 0 Å². The first-order valence-electron chi connectivity index (χ1n) is 6.83. The predicted octanol–water partition coefficient (Wildman–Crippen LogP) is 4.40. The van der Waals surface area contributed by atoms with Gasteiger partial charge in [-0.15, -0.1) is 0 Å². The van der Waals surface area contributed by atoms with Gasteiger partial charge >= 0.3 is 0 Å². The van der Waals surface area contributed by atoms with Crippen LogP contribution in [0.2, 0.25) is 5.02 Å². The van der Waals surface area contributed by atoms with E-state index in [9.17, 15) is 4.79 Å². The highest BCUT2D eigenvalue weighted by molar-refractivity contribution is 6.30. The number of halogens is 1. The Balaban J connectivity index is 1.83. The van der Waals surface area contributed by atoms with E-state index in [0.29, 0.717) is 5.02 Å². The highest BCUT2D eigenvalue weighted by Crippen LogP contribution is 2.44. The second-order valence-electron chi connectivity index (χ2n) is 5.26. The third kappa shape index (κ3) is 2.32. The van der Waals surface area contributed by atoms with E-state index in [2.05, 4.69) is 5.32 Å². The lowest BCUT2D eigenvalue weighted by Crippen LogP contribution is -2.45. The van der Waals surface area contributed by atoms with E-state index in [1.165, 1.54) is 0 Å². The van der Waals surface area contributed by atoms with Crippen LogP contribution in [-0.4, -0.2) is 5.91 Å². The van der Waals surface area contributed by atoms with Crippen LogP contribution < -0.4 is 5.32 Å². The SMILES string of the molecule is O=C(Nc1ccc(Cl)cc1)C1(c2ccccc2)CCC1. The monoisotopic (exact) mass is 285 g/mol. The summed E-state index contributed by atoms with van der Waals surface area (Å²) in [5, 5.41) is 3.68. The minimum absolute atomic E-state index is 0.0808. The van der Waals surface area contributed by atoms with Crippen LogP contribution in [0, 0.1) is 0 Å². The molecular formula is C17H16ClNO. The van der Waals surface area contributed by atoms with Gasteiger partial charge in [0.15, 0.2) is 0 Å². The first-order chi connectivity index (χ1) is 9.71. The van der Waals surface area contributed by atoms with Gasteiger partial charge in [-0.05, 0) is 42.7 Å². The number of hydrogen-bond acceptors (Lipinski definition) is 1. The van der Waals surface area contributed by atoms with E-state index < -0.39 is 0 Å². The molecule has 0 radical (unpaired) electrons. The van der Waals surface area contributed by atoms with Crippen molar-refractivity contribution in [2.45, 2.75) is 24.7 Å². The van der Waals surface area contributed by atoms with Gasteiger partial charge in [0, 0.05) is 10.7 Å². The molecule has 2 nitrogen and oxygen atoms in total. The molecule has 1 fully saturated rings.